The van der Waals surface area contributed by atoms with Gasteiger partial charge in [0.25, 0.3) is 0 Å². The van der Waals surface area contributed by atoms with Crippen LogP contribution in [0.3, 0.4) is 0 Å². The first kappa shape index (κ1) is 12.6. The van der Waals surface area contributed by atoms with E-state index in [0.717, 1.165) is 0 Å². The Balaban J connectivity index is 0. The summed E-state index contributed by atoms with van der Waals surface area (Å²) in [5, 5.41) is 2.22. The molecule has 0 unspecified atom stereocenters. The number of rotatable bonds is 0. The highest BCUT2D eigenvalue weighted by atomic mass is 16.2. The summed E-state index contributed by atoms with van der Waals surface area (Å²) in [6.07, 6.45) is 0. The topological polar surface area (TPSA) is 49.4 Å². The van der Waals surface area contributed by atoms with Crippen molar-refractivity contribution in [3.8, 4) is 0 Å². The molecular formula is C7H16N2O2. The van der Waals surface area contributed by atoms with Gasteiger partial charge in [0, 0.05) is 21.1 Å². The maximum atomic E-state index is 10.6. The molecule has 1 N–H and O–H groups in total. The number of nitrogens with zero attached hydrogens (tertiary/aromatic N) is 1. The smallest absolute Gasteiger partial charge is 0.311 e. The zero-order chi connectivity index (χ0) is 9.44. The summed E-state index contributed by atoms with van der Waals surface area (Å²) in [6, 6.07) is 0. The van der Waals surface area contributed by atoms with Crippen molar-refractivity contribution >= 4 is 11.8 Å². The molecule has 0 spiro atoms. The fourth-order valence-electron chi connectivity index (χ4n) is 0.310. The highest BCUT2D eigenvalue weighted by Gasteiger charge is 2.11. The van der Waals surface area contributed by atoms with Gasteiger partial charge in [0.2, 0.25) is 0 Å². The van der Waals surface area contributed by atoms with Crippen LogP contribution >= 0.6 is 0 Å². The number of carbonyl (C=O) groups is 2. The Kier molecular flexibility index (Phi) is 8.08. The van der Waals surface area contributed by atoms with E-state index in [9.17, 15) is 9.59 Å². The molecule has 0 heterocycles. The van der Waals surface area contributed by atoms with Gasteiger partial charge in [-0.1, -0.05) is 13.8 Å². The second-order valence-electron chi connectivity index (χ2n) is 1.78. The van der Waals surface area contributed by atoms with E-state index in [2.05, 4.69) is 5.32 Å². The van der Waals surface area contributed by atoms with Crippen LogP contribution in [0.4, 0.5) is 0 Å². The van der Waals surface area contributed by atoms with Crippen LogP contribution in [0.25, 0.3) is 0 Å². The number of carbonyl (C=O) groups excluding carboxylic acids is 2. The minimum Gasteiger partial charge on any atom is -0.351 e. The molecule has 0 saturated carbocycles. The molecule has 4 nitrogen and oxygen atoms in total. The largest absolute Gasteiger partial charge is 0.351 e. The molecule has 66 valence electrons. The Morgan fingerprint density at radius 1 is 1.18 bits per heavy atom. The van der Waals surface area contributed by atoms with Crippen molar-refractivity contribution < 1.29 is 9.59 Å². The molecule has 0 fully saturated rings. The summed E-state index contributed by atoms with van der Waals surface area (Å²) >= 11 is 0. The lowest BCUT2D eigenvalue weighted by Gasteiger charge is -2.06. The van der Waals surface area contributed by atoms with Crippen molar-refractivity contribution in [1.29, 1.82) is 0 Å². The molecule has 4 heteroatoms. The molecule has 0 aromatic rings. The number of nitrogens with one attached hydrogen (secondary N) is 1. The molecule has 0 aromatic heterocycles. The van der Waals surface area contributed by atoms with Crippen molar-refractivity contribution in [2.45, 2.75) is 13.8 Å². The van der Waals surface area contributed by atoms with Crippen LogP contribution in [0.5, 0.6) is 0 Å². The van der Waals surface area contributed by atoms with Crippen LogP contribution in [-0.4, -0.2) is 37.9 Å². The molecule has 2 amide bonds. The highest BCUT2D eigenvalue weighted by Crippen LogP contribution is 1.75. The first-order chi connectivity index (χ1) is 5.09. The van der Waals surface area contributed by atoms with E-state index < -0.39 is 11.8 Å². The van der Waals surface area contributed by atoms with Gasteiger partial charge in [-0.05, 0) is 0 Å². The van der Waals surface area contributed by atoms with Gasteiger partial charge in [-0.25, -0.2) is 0 Å². The Hall–Kier alpha value is -1.06. The van der Waals surface area contributed by atoms with Crippen molar-refractivity contribution in [2.24, 2.45) is 0 Å². The lowest BCUT2D eigenvalue weighted by Crippen LogP contribution is -2.37. The Morgan fingerprint density at radius 3 is 1.64 bits per heavy atom. The third-order valence-corrected chi connectivity index (χ3v) is 0.827. The number of hydrogen-bond donors (Lipinski definition) is 1. The van der Waals surface area contributed by atoms with Gasteiger partial charge < -0.3 is 10.2 Å². The number of hydrogen-bond acceptors (Lipinski definition) is 2. The monoisotopic (exact) mass is 160 g/mol. The zero-order valence-corrected chi connectivity index (χ0v) is 7.76. The fraction of sp³-hybridized carbons (Fsp3) is 0.714. The SMILES string of the molecule is CC.CNC(=O)C(=O)N(C)C. The molecule has 0 aliphatic rings. The molecule has 0 atom stereocenters. The van der Waals surface area contributed by atoms with Gasteiger partial charge in [0.15, 0.2) is 0 Å². The van der Waals surface area contributed by atoms with E-state index in [1.54, 1.807) is 0 Å². The zero-order valence-electron chi connectivity index (χ0n) is 7.76. The van der Waals surface area contributed by atoms with Gasteiger partial charge in [-0.3, -0.25) is 9.59 Å². The molecule has 0 bridgehead atoms. The van der Waals surface area contributed by atoms with E-state index in [0.29, 0.717) is 0 Å². The van der Waals surface area contributed by atoms with Crippen molar-refractivity contribution in [2.75, 3.05) is 21.1 Å². The van der Waals surface area contributed by atoms with Gasteiger partial charge >= 0.3 is 11.8 Å². The van der Waals surface area contributed by atoms with Crippen molar-refractivity contribution in [3.05, 3.63) is 0 Å². The fourth-order valence-corrected chi connectivity index (χ4v) is 0.310. The second kappa shape index (κ2) is 7.05. The van der Waals surface area contributed by atoms with Crippen LogP contribution in [0.2, 0.25) is 0 Å². The predicted octanol–water partition coefficient (Wildman–Crippen LogP) is -0.153. The van der Waals surface area contributed by atoms with E-state index in [1.165, 1.54) is 26.0 Å². The standard InChI is InChI=1S/C5H10N2O2.C2H6/c1-6-4(8)5(9)7(2)3;1-2/h1-3H3,(H,6,8);1-2H3. The van der Waals surface area contributed by atoms with Crippen molar-refractivity contribution in [3.63, 3.8) is 0 Å². The molecule has 0 radical (unpaired) electrons. The molecule has 0 aliphatic carbocycles. The summed E-state index contributed by atoms with van der Waals surface area (Å²) < 4.78 is 0. The average molecular weight is 160 g/mol. The number of amides is 2. The highest BCUT2D eigenvalue weighted by molar-refractivity contribution is 6.34. The third-order valence-electron chi connectivity index (χ3n) is 0.827. The summed E-state index contributed by atoms with van der Waals surface area (Å²) in [4.78, 5) is 22.3. The van der Waals surface area contributed by atoms with Crippen LogP contribution in [0.15, 0.2) is 0 Å². The molecular weight excluding hydrogens is 144 g/mol. The Morgan fingerprint density at radius 2 is 1.55 bits per heavy atom. The Labute approximate surface area is 67.6 Å². The second-order valence-corrected chi connectivity index (χ2v) is 1.78. The predicted molar refractivity (Wildman–Crippen MR) is 44.1 cm³/mol. The van der Waals surface area contributed by atoms with Gasteiger partial charge in [-0.15, -0.1) is 0 Å². The summed E-state index contributed by atoms with van der Waals surface area (Å²) in [7, 11) is 4.47. The molecule has 0 aromatic carbocycles. The van der Waals surface area contributed by atoms with Gasteiger partial charge in [-0.2, -0.15) is 0 Å². The van der Waals surface area contributed by atoms with E-state index in [4.69, 9.17) is 0 Å². The van der Waals surface area contributed by atoms with Crippen LogP contribution < -0.4 is 5.32 Å². The lowest BCUT2D eigenvalue weighted by molar-refractivity contribution is -0.143. The Bertz CT molecular complexity index is 132. The normalized spacial score (nSPS) is 7.36. The van der Waals surface area contributed by atoms with E-state index in [-0.39, 0.29) is 0 Å². The quantitative estimate of drug-likeness (QED) is 0.501. The first-order valence-electron chi connectivity index (χ1n) is 3.53. The molecule has 11 heavy (non-hydrogen) atoms. The minimum absolute atomic E-state index is 0.530. The summed E-state index contributed by atoms with van der Waals surface area (Å²) in [5.74, 6) is -1.11. The minimum atomic E-state index is -0.583. The number of likely N-dealkylation sites (N-methyl/N-ethyl adjacent to an activating group) is 2. The van der Waals surface area contributed by atoms with E-state index >= 15 is 0 Å². The van der Waals surface area contributed by atoms with Crippen molar-refractivity contribution in [1.82, 2.24) is 10.2 Å². The third kappa shape index (κ3) is 5.39. The molecule has 0 saturated heterocycles. The summed E-state index contributed by atoms with van der Waals surface area (Å²) in [5.41, 5.74) is 0. The van der Waals surface area contributed by atoms with Crippen LogP contribution in [0.1, 0.15) is 13.8 Å². The first-order valence-corrected chi connectivity index (χ1v) is 3.53. The summed E-state index contributed by atoms with van der Waals surface area (Å²) in [6.45, 7) is 4.00. The van der Waals surface area contributed by atoms with E-state index in [1.807, 2.05) is 13.8 Å². The molecule has 0 aliphatic heterocycles. The molecule has 0 rings (SSSR count). The maximum Gasteiger partial charge on any atom is 0.311 e. The van der Waals surface area contributed by atoms with Crippen LogP contribution in [-0.2, 0) is 9.59 Å². The van der Waals surface area contributed by atoms with Gasteiger partial charge in [0.05, 0.1) is 0 Å². The average Bonchev–Trinajstić information content (AvgIpc) is 2.05. The maximum absolute atomic E-state index is 10.6. The lowest BCUT2D eigenvalue weighted by atomic mass is 10.5. The van der Waals surface area contributed by atoms with Gasteiger partial charge in [0.1, 0.15) is 0 Å². The van der Waals surface area contributed by atoms with Crippen LogP contribution in [0, 0.1) is 0 Å².